The van der Waals surface area contributed by atoms with Crippen LogP contribution in [-0.2, 0) is 9.53 Å². The molecule has 1 unspecified atom stereocenters. The zero-order chi connectivity index (χ0) is 18.3. The van der Waals surface area contributed by atoms with Crippen molar-refractivity contribution in [3.05, 3.63) is 29.8 Å². The van der Waals surface area contributed by atoms with Crippen LogP contribution in [0, 0.1) is 0 Å². The van der Waals surface area contributed by atoms with Gasteiger partial charge in [0.15, 0.2) is 0 Å². The molecule has 0 aliphatic carbocycles. The molecule has 0 aromatic heterocycles. The van der Waals surface area contributed by atoms with Gasteiger partial charge in [-0.3, -0.25) is 4.79 Å². The first kappa shape index (κ1) is 19.8. The summed E-state index contributed by atoms with van der Waals surface area (Å²) in [6.07, 6.45) is -0.524. The first-order chi connectivity index (χ1) is 11.1. The number of nitrogens with zero attached hydrogens (tertiary/aromatic N) is 1. The maximum atomic E-state index is 12.1. The Morgan fingerprint density at radius 1 is 1.29 bits per heavy atom. The van der Waals surface area contributed by atoms with Crippen molar-refractivity contribution in [2.24, 2.45) is 0 Å². The maximum absolute atomic E-state index is 12.1. The summed E-state index contributed by atoms with van der Waals surface area (Å²) in [5.74, 6) is 0.514. The minimum Gasteiger partial charge on any atom is -0.494 e. The van der Waals surface area contributed by atoms with E-state index in [0.717, 1.165) is 11.3 Å². The van der Waals surface area contributed by atoms with E-state index in [9.17, 15) is 9.59 Å². The number of likely N-dealkylation sites (N-methyl/N-ethyl adjacent to an activating group) is 1. The fourth-order valence-corrected chi connectivity index (χ4v) is 2.03. The Balaban J connectivity index is 2.57. The second kappa shape index (κ2) is 8.57. The van der Waals surface area contributed by atoms with Gasteiger partial charge in [0.1, 0.15) is 17.9 Å². The third-order valence-corrected chi connectivity index (χ3v) is 3.13. The second-order valence-corrected chi connectivity index (χ2v) is 6.63. The van der Waals surface area contributed by atoms with Gasteiger partial charge in [0.25, 0.3) is 0 Å². The molecule has 0 fully saturated rings. The van der Waals surface area contributed by atoms with Crippen LogP contribution in [0.25, 0.3) is 0 Å². The summed E-state index contributed by atoms with van der Waals surface area (Å²) in [6, 6.07) is 7.38. The lowest BCUT2D eigenvalue weighted by molar-refractivity contribution is -0.122. The summed E-state index contributed by atoms with van der Waals surface area (Å²) in [4.78, 5) is 25.3. The van der Waals surface area contributed by atoms with Crippen molar-refractivity contribution in [2.75, 3.05) is 20.2 Å². The van der Waals surface area contributed by atoms with Crippen LogP contribution >= 0.6 is 0 Å². The Kier molecular flexibility index (Phi) is 7.07. The van der Waals surface area contributed by atoms with Crippen molar-refractivity contribution in [3.63, 3.8) is 0 Å². The Hall–Kier alpha value is -2.24. The lowest BCUT2D eigenvalue weighted by Gasteiger charge is -2.25. The van der Waals surface area contributed by atoms with Gasteiger partial charge in [-0.2, -0.15) is 0 Å². The largest absolute Gasteiger partial charge is 0.494 e. The van der Waals surface area contributed by atoms with Crippen molar-refractivity contribution < 1.29 is 19.1 Å². The molecule has 1 aromatic carbocycles. The lowest BCUT2D eigenvalue weighted by atomic mass is 10.1. The fourth-order valence-electron chi connectivity index (χ4n) is 2.03. The van der Waals surface area contributed by atoms with E-state index in [1.807, 2.05) is 38.1 Å². The van der Waals surface area contributed by atoms with Gasteiger partial charge in [-0.05, 0) is 52.3 Å². The third-order valence-electron chi connectivity index (χ3n) is 3.13. The molecule has 0 saturated heterocycles. The molecule has 134 valence electrons. The molecule has 24 heavy (non-hydrogen) atoms. The highest BCUT2D eigenvalue weighted by atomic mass is 16.6. The van der Waals surface area contributed by atoms with Gasteiger partial charge in [0.05, 0.1) is 12.6 Å². The standard InChI is InChI=1S/C18H28N2O4/c1-7-23-15-10-8-9-14(11-15)13(2)19-16(21)12-20(6)17(22)24-18(3,4)5/h8-11,13H,7,12H2,1-6H3,(H,19,21). The second-order valence-electron chi connectivity index (χ2n) is 6.63. The van der Waals surface area contributed by atoms with E-state index in [1.165, 1.54) is 11.9 Å². The van der Waals surface area contributed by atoms with Crippen LogP contribution in [0.3, 0.4) is 0 Å². The molecule has 2 amide bonds. The highest BCUT2D eigenvalue weighted by molar-refractivity contribution is 5.82. The third kappa shape index (κ3) is 6.89. The molecule has 0 heterocycles. The Morgan fingerprint density at radius 3 is 2.54 bits per heavy atom. The Bertz CT molecular complexity index is 566. The van der Waals surface area contributed by atoms with Crippen molar-refractivity contribution in [3.8, 4) is 5.75 Å². The minimum atomic E-state index is -0.588. The summed E-state index contributed by atoms with van der Waals surface area (Å²) in [5, 5.41) is 2.87. The topological polar surface area (TPSA) is 67.9 Å². The van der Waals surface area contributed by atoms with Crippen molar-refractivity contribution in [2.45, 2.75) is 46.3 Å². The average molecular weight is 336 g/mol. The summed E-state index contributed by atoms with van der Waals surface area (Å²) in [7, 11) is 1.54. The molecule has 0 aliphatic rings. The molecule has 1 rings (SSSR count). The summed E-state index contributed by atoms with van der Waals surface area (Å²) < 4.78 is 10.7. The zero-order valence-electron chi connectivity index (χ0n) is 15.4. The van der Waals surface area contributed by atoms with E-state index >= 15 is 0 Å². The molecule has 0 saturated carbocycles. The number of rotatable bonds is 6. The zero-order valence-corrected chi connectivity index (χ0v) is 15.4. The average Bonchev–Trinajstić information content (AvgIpc) is 2.45. The van der Waals surface area contributed by atoms with Gasteiger partial charge >= 0.3 is 6.09 Å². The Morgan fingerprint density at radius 2 is 1.96 bits per heavy atom. The molecule has 0 spiro atoms. The van der Waals surface area contributed by atoms with E-state index in [4.69, 9.17) is 9.47 Å². The van der Waals surface area contributed by atoms with Crippen molar-refractivity contribution in [1.82, 2.24) is 10.2 Å². The van der Waals surface area contributed by atoms with Gasteiger partial charge in [0.2, 0.25) is 5.91 Å². The molecular weight excluding hydrogens is 308 g/mol. The van der Waals surface area contributed by atoms with Crippen LogP contribution in [-0.4, -0.2) is 42.7 Å². The number of nitrogens with one attached hydrogen (secondary N) is 1. The lowest BCUT2D eigenvalue weighted by Crippen LogP contribution is -2.41. The van der Waals surface area contributed by atoms with Crippen LogP contribution in [0.2, 0.25) is 0 Å². The van der Waals surface area contributed by atoms with E-state index in [1.54, 1.807) is 20.8 Å². The van der Waals surface area contributed by atoms with Crippen molar-refractivity contribution >= 4 is 12.0 Å². The number of amides is 2. The number of benzene rings is 1. The highest BCUT2D eigenvalue weighted by Crippen LogP contribution is 2.19. The predicted octanol–water partition coefficient (Wildman–Crippen LogP) is 3.13. The number of carbonyl (C=O) groups is 2. The van der Waals surface area contributed by atoms with Gasteiger partial charge < -0.3 is 19.7 Å². The van der Waals surface area contributed by atoms with Crippen LogP contribution in [0.1, 0.15) is 46.2 Å². The summed E-state index contributed by atoms with van der Waals surface area (Å²) in [6.45, 7) is 9.68. The number of carbonyl (C=O) groups excluding carboxylic acids is 2. The quantitative estimate of drug-likeness (QED) is 0.866. The molecule has 1 aromatic rings. The number of hydrogen-bond acceptors (Lipinski definition) is 4. The molecule has 0 radical (unpaired) electrons. The fraction of sp³-hybridized carbons (Fsp3) is 0.556. The minimum absolute atomic E-state index is 0.0651. The maximum Gasteiger partial charge on any atom is 0.410 e. The van der Waals surface area contributed by atoms with Crippen LogP contribution in [0.4, 0.5) is 4.79 Å². The van der Waals surface area contributed by atoms with E-state index in [0.29, 0.717) is 6.61 Å². The van der Waals surface area contributed by atoms with Crippen LogP contribution in [0.5, 0.6) is 5.75 Å². The van der Waals surface area contributed by atoms with E-state index < -0.39 is 11.7 Å². The molecule has 1 atom stereocenters. The molecular formula is C18H28N2O4. The summed E-state index contributed by atoms with van der Waals surface area (Å²) >= 11 is 0. The summed E-state index contributed by atoms with van der Waals surface area (Å²) in [5.41, 5.74) is 0.351. The van der Waals surface area contributed by atoms with E-state index in [2.05, 4.69) is 5.32 Å². The molecule has 6 heteroatoms. The number of hydrogen-bond donors (Lipinski definition) is 1. The molecule has 1 N–H and O–H groups in total. The SMILES string of the molecule is CCOc1cccc(C(C)NC(=O)CN(C)C(=O)OC(C)(C)C)c1. The number of ether oxygens (including phenoxy) is 2. The van der Waals surface area contributed by atoms with Crippen LogP contribution in [0.15, 0.2) is 24.3 Å². The monoisotopic (exact) mass is 336 g/mol. The molecule has 0 aliphatic heterocycles. The smallest absolute Gasteiger partial charge is 0.410 e. The normalized spacial score (nSPS) is 12.2. The Labute approximate surface area is 144 Å². The van der Waals surface area contributed by atoms with Gasteiger partial charge in [-0.15, -0.1) is 0 Å². The van der Waals surface area contributed by atoms with Crippen LogP contribution < -0.4 is 10.1 Å². The van der Waals surface area contributed by atoms with Gasteiger partial charge in [-0.1, -0.05) is 12.1 Å². The molecule has 6 nitrogen and oxygen atoms in total. The van der Waals surface area contributed by atoms with Gasteiger partial charge in [-0.25, -0.2) is 4.79 Å². The first-order valence-electron chi connectivity index (χ1n) is 8.08. The van der Waals surface area contributed by atoms with Gasteiger partial charge in [0, 0.05) is 7.05 Å². The first-order valence-corrected chi connectivity index (χ1v) is 8.08. The predicted molar refractivity (Wildman–Crippen MR) is 93.0 cm³/mol. The van der Waals surface area contributed by atoms with E-state index in [-0.39, 0.29) is 18.5 Å². The van der Waals surface area contributed by atoms with Crippen molar-refractivity contribution in [1.29, 1.82) is 0 Å². The highest BCUT2D eigenvalue weighted by Gasteiger charge is 2.21. The molecule has 0 bridgehead atoms.